The molecule has 4 heteroatoms. The molecule has 0 N–H and O–H groups in total. The Morgan fingerprint density at radius 2 is 1.71 bits per heavy atom. The Hall–Kier alpha value is -1.68. The van der Waals surface area contributed by atoms with Crippen molar-refractivity contribution >= 4 is 10.8 Å². The van der Waals surface area contributed by atoms with Gasteiger partial charge in [0.15, 0.2) is 0 Å². The van der Waals surface area contributed by atoms with E-state index in [9.17, 15) is 8.60 Å². The summed E-state index contributed by atoms with van der Waals surface area (Å²) < 4.78 is 30.8. The van der Waals surface area contributed by atoms with E-state index in [4.69, 9.17) is 4.74 Å². The summed E-state index contributed by atoms with van der Waals surface area (Å²) in [5.41, 5.74) is 1.81. The first kappa shape index (κ1) is 15.7. The molecule has 0 unspecified atom stereocenters. The van der Waals surface area contributed by atoms with E-state index in [1.165, 1.54) is 12.1 Å². The van der Waals surface area contributed by atoms with E-state index in [1.807, 2.05) is 38.1 Å². The van der Waals surface area contributed by atoms with Crippen LogP contribution in [0.15, 0.2) is 48.5 Å². The summed E-state index contributed by atoms with van der Waals surface area (Å²) in [5.74, 6) is 1.34. The van der Waals surface area contributed by atoms with Crippen LogP contribution in [0.2, 0.25) is 0 Å². The van der Waals surface area contributed by atoms with Gasteiger partial charge in [-0.3, -0.25) is 4.21 Å². The largest absolute Gasteiger partial charge is 0.491 e. The predicted molar refractivity (Wildman–Crippen MR) is 84.2 cm³/mol. The molecule has 2 rings (SSSR count). The zero-order valence-corrected chi connectivity index (χ0v) is 13.0. The van der Waals surface area contributed by atoms with Crippen LogP contribution in [0.5, 0.6) is 5.75 Å². The van der Waals surface area contributed by atoms with Crippen molar-refractivity contribution in [3.8, 4) is 5.75 Å². The Morgan fingerprint density at radius 1 is 1.05 bits per heavy atom. The average Bonchev–Trinajstić information content (AvgIpc) is 2.43. The van der Waals surface area contributed by atoms with Crippen LogP contribution in [0.1, 0.15) is 25.0 Å². The number of ether oxygens (including phenoxy) is 1. The molecule has 2 nitrogen and oxygen atoms in total. The average molecular weight is 306 g/mol. The molecule has 0 saturated carbocycles. The van der Waals surface area contributed by atoms with Crippen LogP contribution in [0.3, 0.4) is 0 Å². The van der Waals surface area contributed by atoms with Gasteiger partial charge in [-0.15, -0.1) is 0 Å². The van der Waals surface area contributed by atoms with Crippen molar-refractivity contribution in [1.82, 2.24) is 0 Å². The Morgan fingerprint density at radius 3 is 2.38 bits per heavy atom. The number of hydrogen-bond donors (Lipinski definition) is 0. The summed E-state index contributed by atoms with van der Waals surface area (Å²) in [6, 6.07) is 13.8. The Balaban J connectivity index is 2.04. The Labute approximate surface area is 127 Å². The van der Waals surface area contributed by atoms with Gasteiger partial charge in [-0.25, -0.2) is 4.39 Å². The van der Waals surface area contributed by atoms with E-state index < -0.39 is 10.8 Å². The van der Waals surface area contributed by atoms with Crippen LogP contribution >= 0.6 is 0 Å². The van der Waals surface area contributed by atoms with Crippen LogP contribution in [0.4, 0.5) is 4.39 Å². The third-order valence-corrected chi connectivity index (χ3v) is 4.18. The summed E-state index contributed by atoms with van der Waals surface area (Å²) in [4.78, 5) is 0. The van der Waals surface area contributed by atoms with Gasteiger partial charge in [0.05, 0.1) is 11.9 Å². The van der Waals surface area contributed by atoms with Crippen molar-refractivity contribution in [2.24, 2.45) is 0 Å². The van der Waals surface area contributed by atoms with Crippen LogP contribution in [0, 0.1) is 5.82 Å². The maximum atomic E-state index is 12.9. The molecule has 1 atom stereocenters. The van der Waals surface area contributed by atoms with E-state index in [2.05, 4.69) is 0 Å². The fraction of sp³-hybridized carbons (Fsp3) is 0.294. The lowest BCUT2D eigenvalue weighted by Gasteiger charge is -2.14. The van der Waals surface area contributed by atoms with Gasteiger partial charge in [-0.1, -0.05) is 30.3 Å². The van der Waals surface area contributed by atoms with Gasteiger partial charge in [0.1, 0.15) is 11.6 Å². The van der Waals surface area contributed by atoms with Gasteiger partial charge in [-0.2, -0.15) is 0 Å². The smallest absolute Gasteiger partial charge is 0.123 e. The lowest BCUT2D eigenvalue weighted by molar-refractivity contribution is 0.240. The minimum Gasteiger partial charge on any atom is -0.491 e. The lowest BCUT2D eigenvalue weighted by Crippen LogP contribution is -2.08. The molecule has 0 spiro atoms. The molecule has 0 aliphatic heterocycles. The normalized spacial score (nSPS) is 12.4. The maximum Gasteiger partial charge on any atom is 0.123 e. The van der Waals surface area contributed by atoms with Gasteiger partial charge < -0.3 is 4.74 Å². The third kappa shape index (κ3) is 4.97. The van der Waals surface area contributed by atoms with E-state index in [-0.39, 0.29) is 11.9 Å². The second kappa shape index (κ2) is 7.36. The minimum absolute atomic E-state index is 0.0803. The molecular formula is C17H19FO2S. The number of rotatable bonds is 6. The molecule has 112 valence electrons. The first-order valence-electron chi connectivity index (χ1n) is 6.88. The lowest BCUT2D eigenvalue weighted by atomic mass is 10.2. The molecule has 0 aromatic heterocycles. The number of hydrogen-bond acceptors (Lipinski definition) is 2. The van der Waals surface area contributed by atoms with Crippen molar-refractivity contribution in [3.05, 3.63) is 65.5 Å². The summed E-state index contributed by atoms with van der Waals surface area (Å²) in [6.07, 6.45) is 0.0803. The molecule has 0 aliphatic rings. The fourth-order valence-corrected chi connectivity index (χ4v) is 3.23. The van der Waals surface area contributed by atoms with Gasteiger partial charge in [0.2, 0.25) is 0 Å². The molecular weight excluding hydrogens is 287 g/mol. The monoisotopic (exact) mass is 306 g/mol. The van der Waals surface area contributed by atoms with Gasteiger partial charge in [0, 0.05) is 22.1 Å². The van der Waals surface area contributed by atoms with E-state index in [0.29, 0.717) is 11.5 Å². The highest BCUT2D eigenvalue weighted by Crippen LogP contribution is 2.22. The molecule has 0 saturated heterocycles. The maximum absolute atomic E-state index is 12.9. The molecule has 0 fully saturated rings. The summed E-state index contributed by atoms with van der Waals surface area (Å²) >= 11 is 0. The standard InChI is InChI=1S/C17H19FO2S/c1-13(2)20-17-6-4-3-5-15(17)12-21(19)11-14-7-9-16(18)10-8-14/h3-10,13H,11-12H2,1-2H3/t21-/m1/s1. The van der Waals surface area contributed by atoms with Crippen LogP contribution in [0.25, 0.3) is 0 Å². The highest BCUT2D eigenvalue weighted by molar-refractivity contribution is 7.83. The highest BCUT2D eigenvalue weighted by Gasteiger charge is 2.09. The first-order chi connectivity index (χ1) is 10.0. The quantitative estimate of drug-likeness (QED) is 0.804. The van der Waals surface area contributed by atoms with Crippen molar-refractivity contribution < 1.29 is 13.3 Å². The minimum atomic E-state index is -1.06. The number of halogens is 1. The van der Waals surface area contributed by atoms with Crippen molar-refractivity contribution in [2.45, 2.75) is 31.5 Å². The second-order valence-electron chi connectivity index (χ2n) is 5.13. The third-order valence-electron chi connectivity index (χ3n) is 2.89. The zero-order valence-electron chi connectivity index (χ0n) is 12.2. The zero-order chi connectivity index (χ0) is 15.2. The van der Waals surface area contributed by atoms with Gasteiger partial charge in [0.25, 0.3) is 0 Å². The van der Waals surface area contributed by atoms with Crippen molar-refractivity contribution in [1.29, 1.82) is 0 Å². The van der Waals surface area contributed by atoms with Crippen LogP contribution < -0.4 is 4.74 Å². The number of benzene rings is 2. The van der Waals surface area contributed by atoms with Gasteiger partial charge in [-0.05, 0) is 37.6 Å². The van der Waals surface area contributed by atoms with E-state index in [1.54, 1.807) is 12.1 Å². The predicted octanol–water partition coefficient (Wildman–Crippen LogP) is 4.06. The SMILES string of the molecule is CC(C)Oc1ccccc1C[S@](=O)Cc1ccc(F)cc1. The molecule has 0 aliphatic carbocycles. The summed E-state index contributed by atoms with van der Waals surface area (Å²) in [7, 11) is -1.06. The van der Waals surface area contributed by atoms with Crippen molar-refractivity contribution in [3.63, 3.8) is 0 Å². The second-order valence-corrected chi connectivity index (χ2v) is 6.59. The summed E-state index contributed by atoms with van der Waals surface area (Å²) in [6.45, 7) is 3.93. The fourth-order valence-electron chi connectivity index (χ4n) is 1.98. The Kier molecular flexibility index (Phi) is 5.51. The molecule has 0 amide bonds. The van der Waals surface area contributed by atoms with E-state index >= 15 is 0 Å². The molecule has 0 heterocycles. The first-order valence-corrected chi connectivity index (χ1v) is 8.37. The molecule has 0 bridgehead atoms. The van der Waals surface area contributed by atoms with Gasteiger partial charge >= 0.3 is 0 Å². The van der Waals surface area contributed by atoms with Crippen molar-refractivity contribution in [2.75, 3.05) is 0 Å². The molecule has 2 aromatic rings. The van der Waals surface area contributed by atoms with Crippen LogP contribution in [-0.2, 0) is 22.3 Å². The topological polar surface area (TPSA) is 26.3 Å². The number of para-hydroxylation sites is 1. The Bertz CT molecular complexity index is 608. The molecule has 0 radical (unpaired) electrons. The highest BCUT2D eigenvalue weighted by atomic mass is 32.2. The van der Waals surface area contributed by atoms with E-state index in [0.717, 1.165) is 16.9 Å². The summed E-state index contributed by atoms with van der Waals surface area (Å²) in [5, 5.41) is 0. The molecule has 2 aromatic carbocycles. The van der Waals surface area contributed by atoms with Crippen LogP contribution in [-0.4, -0.2) is 10.3 Å². The molecule has 21 heavy (non-hydrogen) atoms.